The molecular formula is C12H19FN2O. The molecule has 0 spiro atoms. The molecule has 0 amide bonds. The van der Waals surface area contributed by atoms with Crippen LogP contribution >= 0.6 is 0 Å². The number of rotatable bonds is 6. The highest BCUT2D eigenvalue weighted by Gasteiger charge is 2.07. The van der Waals surface area contributed by atoms with E-state index in [1.165, 1.54) is 12.1 Å². The van der Waals surface area contributed by atoms with Gasteiger partial charge < -0.3 is 15.4 Å². The summed E-state index contributed by atoms with van der Waals surface area (Å²) in [6.07, 6.45) is 0.802. The number of hydrogen-bond acceptors (Lipinski definition) is 3. The minimum atomic E-state index is -0.227. The Bertz CT molecular complexity index is 320. The number of nitrogens with two attached hydrogens (primary N) is 1. The molecule has 1 aromatic carbocycles. The fourth-order valence-corrected chi connectivity index (χ4v) is 1.53. The maximum Gasteiger partial charge on any atom is 0.125 e. The number of ether oxygens (including phenoxy) is 1. The molecule has 1 unspecified atom stereocenters. The van der Waals surface area contributed by atoms with E-state index in [2.05, 4.69) is 0 Å². The van der Waals surface area contributed by atoms with Crippen molar-refractivity contribution in [2.75, 3.05) is 32.2 Å². The van der Waals surface area contributed by atoms with E-state index in [4.69, 9.17) is 10.5 Å². The molecule has 0 fully saturated rings. The second-order valence-electron chi connectivity index (χ2n) is 3.90. The van der Waals surface area contributed by atoms with Crippen LogP contribution in [0.25, 0.3) is 0 Å². The minimum Gasteiger partial charge on any atom is -0.385 e. The number of nitrogens with zero attached hydrogens (tertiary/aromatic N) is 1. The van der Waals surface area contributed by atoms with Crippen LogP contribution in [0.3, 0.4) is 0 Å². The maximum atomic E-state index is 13.0. The van der Waals surface area contributed by atoms with Crippen molar-refractivity contribution in [1.29, 1.82) is 0 Å². The lowest BCUT2D eigenvalue weighted by molar-refractivity contribution is 0.188. The molecule has 0 aliphatic carbocycles. The van der Waals surface area contributed by atoms with Gasteiger partial charge in [-0.25, -0.2) is 4.39 Å². The Hall–Kier alpha value is -1.13. The average molecular weight is 226 g/mol. The molecule has 0 bridgehead atoms. The highest BCUT2D eigenvalue weighted by molar-refractivity contribution is 5.45. The molecule has 3 nitrogen and oxygen atoms in total. The predicted octanol–water partition coefficient (Wildman–Crippen LogP) is 1.63. The Morgan fingerprint density at radius 3 is 2.88 bits per heavy atom. The van der Waals surface area contributed by atoms with Gasteiger partial charge in [-0.05, 0) is 24.6 Å². The van der Waals surface area contributed by atoms with Gasteiger partial charge in [-0.2, -0.15) is 0 Å². The smallest absolute Gasteiger partial charge is 0.125 e. The number of anilines is 1. The molecule has 2 N–H and O–H groups in total. The first kappa shape index (κ1) is 12.9. The highest BCUT2D eigenvalue weighted by atomic mass is 19.1. The second-order valence-corrected chi connectivity index (χ2v) is 3.90. The van der Waals surface area contributed by atoms with E-state index in [0.29, 0.717) is 13.2 Å². The van der Waals surface area contributed by atoms with Crippen molar-refractivity contribution in [3.8, 4) is 0 Å². The number of hydrogen-bond donors (Lipinski definition) is 1. The van der Waals surface area contributed by atoms with Crippen LogP contribution in [0.4, 0.5) is 10.1 Å². The zero-order chi connectivity index (χ0) is 12.0. The van der Waals surface area contributed by atoms with Crippen molar-refractivity contribution in [2.45, 2.75) is 12.5 Å². The summed E-state index contributed by atoms with van der Waals surface area (Å²) in [5.74, 6) is -0.227. The summed E-state index contributed by atoms with van der Waals surface area (Å²) in [5.41, 5.74) is 6.76. The molecular weight excluding hydrogens is 207 g/mol. The molecule has 4 heteroatoms. The molecule has 0 saturated heterocycles. The van der Waals surface area contributed by atoms with Crippen molar-refractivity contribution in [3.05, 3.63) is 30.1 Å². The molecule has 1 aromatic rings. The molecule has 0 aliphatic heterocycles. The molecule has 1 atom stereocenters. The van der Waals surface area contributed by atoms with E-state index in [0.717, 1.165) is 12.1 Å². The summed E-state index contributed by atoms with van der Waals surface area (Å²) in [5, 5.41) is 0. The van der Waals surface area contributed by atoms with E-state index in [9.17, 15) is 4.39 Å². The Morgan fingerprint density at radius 1 is 1.50 bits per heavy atom. The third-order valence-electron chi connectivity index (χ3n) is 2.45. The van der Waals surface area contributed by atoms with Crippen molar-refractivity contribution >= 4 is 5.69 Å². The lowest BCUT2D eigenvalue weighted by atomic mass is 10.2. The molecule has 0 radical (unpaired) electrons. The Balaban J connectivity index is 2.48. The minimum absolute atomic E-state index is 0.0354. The first-order chi connectivity index (χ1) is 7.63. The maximum absolute atomic E-state index is 13.0. The van der Waals surface area contributed by atoms with Gasteiger partial charge in [0.2, 0.25) is 0 Å². The fraction of sp³-hybridized carbons (Fsp3) is 0.500. The Morgan fingerprint density at radius 2 is 2.25 bits per heavy atom. The van der Waals surface area contributed by atoms with Gasteiger partial charge in [0.05, 0.1) is 0 Å². The van der Waals surface area contributed by atoms with Gasteiger partial charge in [0, 0.05) is 39.0 Å². The van der Waals surface area contributed by atoms with Crippen molar-refractivity contribution < 1.29 is 9.13 Å². The van der Waals surface area contributed by atoms with E-state index >= 15 is 0 Å². The molecule has 1 rings (SSSR count). The molecule has 0 saturated carbocycles. The topological polar surface area (TPSA) is 38.5 Å². The van der Waals surface area contributed by atoms with Gasteiger partial charge in [0.15, 0.2) is 0 Å². The Kier molecular flexibility index (Phi) is 5.22. The largest absolute Gasteiger partial charge is 0.385 e. The molecule has 0 heterocycles. The molecule has 0 aliphatic rings. The Labute approximate surface area is 96.0 Å². The number of methoxy groups -OCH3 is 1. The summed E-state index contributed by atoms with van der Waals surface area (Å²) >= 11 is 0. The fourth-order valence-electron chi connectivity index (χ4n) is 1.53. The summed E-state index contributed by atoms with van der Waals surface area (Å²) in [4.78, 5) is 1.95. The van der Waals surface area contributed by atoms with Crippen LogP contribution in [0, 0.1) is 5.82 Å². The number of halogens is 1. The van der Waals surface area contributed by atoms with Crippen LogP contribution < -0.4 is 10.6 Å². The lowest BCUT2D eigenvalue weighted by Crippen LogP contribution is -2.36. The number of benzene rings is 1. The van der Waals surface area contributed by atoms with Crippen LogP contribution in [0.5, 0.6) is 0 Å². The normalized spacial score (nSPS) is 12.5. The van der Waals surface area contributed by atoms with Crippen LogP contribution in [0.1, 0.15) is 6.42 Å². The van der Waals surface area contributed by atoms with Crippen LogP contribution in [0.2, 0.25) is 0 Å². The zero-order valence-corrected chi connectivity index (χ0v) is 9.82. The van der Waals surface area contributed by atoms with E-state index in [1.54, 1.807) is 13.2 Å². The van der Waals surface area contributed by atoms with Gasteiger partial charge in [-0.3, -0.25) is 0 Å². The monoisotopic (exact) mass is 226 g/mol. The quantitative estimate of drug-likeness (QED) is 0.801. The van der Waals surface area contributed by atoms with E-state index in [-0.39, 0.29) is 11.9 Å². The van der Waals surface area contributed by atoms with Gasteiger partial charge in [0.1, 0.15) is 5.82 Å². The van der Waals surface area contributed by atoms with Crippen LogP contribution in [-0.4, -0.2) is 33.4 Å². The van der Waals surface area contributed by atoms with Crippen molar-refractivity contribution in [3.63, 3.8) is 0 Å². The first-order valence-electron chi connectivity index (χ1n) is 5.34. The predicted molar refractivity (Wildman–Crippen MR) is 64.1 cm³/mol. The first-order valence-corrected chi connectivity index (χ1v) is 5.34. The van der Waals surface area contributed by atoms with Crippen molar-refractivity contribution in [1.82, 2.24) is 0 Å². The summed E-state index contributed by atoms with van der Waals surface area (Å²) in [6, 6.07) is 6.53. The van der Waals surface area contributed by atoms with Crippen LogP contribution in [-0.2, 0) is 4.74 Å². The third-order valence-corrected chi connectivity index (χ3v) is 2.45. The van der Waals surface area contributed by atoms with Crippen LogP contribution in [0.15, 0.2) is 24.3 Å². The highest BCUT2D eigenvalue weighted by Crippen LogP contribution is 2.14. The molecule has 16 heavy (non-hydrogen) atoms. The summed E-state index contributed by atoms with van der Waals surface area (Å²) in [6.45, 7) is 1.34. The molecule has 0 aromatic heterocycles. The van der Waals surface area contributed by atoms with Gasteiger partial charge in [-0.15, -0.1) is 0 Å². The third kappa shape index (κ3) is 4.16. The standard InChI is InChI=1S/C12H19FN2O/c1-15(9-11(14)6-7-16-2)12-5-3-4-10(13)8-12/h3-5,8,11H,6-7,9,14H2,1-2H3. The summed E-state index contributed by atoms with van der Waals surface area (Å²) in [7, 11) is 3.56. The second kappa shape index (κ2) is 6.45. The van der Waals surface area contributed by atoms with E-state index in [1.807, 2.05) is 18.0 Å². The summed E-state index contributed by atoms with van der Waals surface area (Å²) < 4.78 is 18.0. The van der Waals surface area contributed by atoms with Gasteiger partial charge >= 0.3 is 0 Å². The lowest BCUT2D eigenvalue weighted by Gasteiger charge is -2.23. The number of likely N-dealkylation sites (N-methyl/N-ethyl adjacent to an activating group) is 1. The van der Waals surface area contributed by atoms with E-state index < -0.39 is 0 Å². The zero-order valence-electron chi connectivity index (χ0n) is 9.82. The molecule has 90 valence electrons. The van der Waals surface area contributed by atoms with Gasteiger partial charge in [0.25, 0.3) is 0 Å². The average Bonchev–Trinajstić information content (AvgIpc) is 2.26. The van der Waals surface area contributed by atoms with Gasteiger partial charge in [-0.1, -0.05) is 6.07 Å². The SMILES string of the molecule is COCCC(N)CN(C)c1cccc(F)c1. The van der Waals surface area contributed by atoms with Crippen molar-refractivity contribution in [2.24, 2.45) is 5.73 Å².